The molecule has 4 fully saturated rings. The fraction of sp³-hybridized carbons (Fsp3) is 0.625. The van der Waals surface area contributed by atoms with Gasteiger partial charge in [-0.1, -0.05) is 29.3 Å². The Morgan fingerprint density at radius 1 is 1.12 bits per heavy atom. The molecule has 0 aromatic carbocycles. The van der Waals surface area contributed by atoms with E-state index in [9.17, 15) is 9.59 Å². The highest BCUT2D eigenvalue weighted by molar-refractivity contribution is 6.51. The smallest absolute Gasteiger partial charge is 0.260 e. The van der Waals surface area contributed by atoms with Crippen LogP contribution in [0.1, 0.15) is 6.42 Å². The van der Waals surface area contributed by atoms with Gasteiger partial charge in [0.05, 0.1) is 50.5 Å². The Labute approximate surface area is 163 Å². The van der Waals surface area contributed by atoms with Crippen molar-refractivity contribution in [3.8, 4) is 0 Å². The Bertz CT molecular complexity index is 717. The molecule has 0 spiro atoms. The zero-order chi connectivity index (χ0) is 17.9. The Kier molecular flexibility index (Phi) is 3.33. The predicted molar refractivity (Wildman–Crippen MR) is 91.1 cm³/mol. The lowest BCUT2D eigenvalue weighted by Crippen LogP contribution is -2.50. The van der Waals surface area contributed by atoms with E-state index in [2.05, 4.69) is 6.58 Å². The lowest BCUT2D eigenvalue weighted by molar-refractivity contribution is -0.189. The number of carbonyl (C=O) groups excluding carboxylic acids is 2. The largest absolute Gasteiger partial charge is 0.373 e. The summed E-state index contributed by atoms with van der Waals surface area (Å²) in [7, 11) is 0. The number of hydroxylamine groups is 2. The number of allylic oxidation sites excluding steroid dienone is 2. The summed E-state index contributed by atoms with van der Waals surface area (Å²) in [5.74, 6) is -2.57. The van der Waals surface area contributed by atoms with Gasteiger partial charge < -0.3 is 4.74 Å². The molecule has 9 heteroatoms. The zero-order valence-electron chi connectivity index (χ0n) is 12.8. The fourth-order valence-electron chi connectivity index (χ4n) is 5.52. The van der Waals surface area contributed by atoms with Crippen LogP contribution in [0.3, 0.4) is 0 Å². The van der Waals surface area contributed by atoms with Gasteiger partial charge in [-0.25, -0.2) is 0 Å². The van der Waals surface area contributed by atoms with Crippen LogP contribution in [0, 0.1) is 23.7 Å². The van der Waals surface area contributed by atoms with Crippen LogP contribution in [-0.2, 0) is 19.2 Å². The molecule has 8 unspecified atom stereocenters. The summed E-state index contributed by atoms with van der Waals surface area (Å²) in [4.78, 5) is 28.8. The van der Waals surface area contributed by atoms with Crippen molar-refractivity contribution < 1.29 is 19.2 Å². The van der Waals surface area contributed by atoms with Crippen LogP contribution in [-0.4, -0.2) is 45.4 Å². The maximum atomic E-state index is 12.7. The van der Waals surface area contributed by atoms with Crippen LogP contribution in [0.4, 0.5) is 0 Å². The van der Waals surface area contributed by atoms with E-state index < -0.39 is 45.6 Å². The summed E-state index contributed by atoms with van der Waals surface area (Å²) < 4.78 is 6.05. The molecule has 0 radical (unpaired) electrons. The molecular formula is C16H13Cl4NO4. The minimum absolute atomic E-state index is 0.0675. The van der Waals surface area contributed by atoms with E-state index in [-0.39, 0.29) is 18.4 Å². The number of rotatable bonds is 3. The third-order valence-electron chi connectivity index (χ3n) is 6.29. The summed E-state index contributed by atoms with van der Waals surface area (Å²) in [6.07, 6.45) is 0.806. The van der Waals surface area contributed by atoms with E-state index in [0.29, 0.717) is 16.5 Å². The molecule has 5 rings (SSSR count). The number of halogens is 4. The molecular weight excluding hydrogens is 412 g/mol. The predicted octanol–water partition coefficient (Wildman–Crippen LogP) is 2.78. The Balaban J connectivity index is 1.57. The van der Waals surface area contributed by atoms with Crippen molar-refractivity contribution in [2.45, 2.75) is 28.4 Å². The molecule has 0 aromatic rings. The number of amides is 2. The molecule has 4 bridgehead atoms. The number of alkyl halides is 2. The van der Waals surface area contributed by atoms with Crippen molar-refractivity contribution in [3.63, 3.8) is 0 Å². The minimum Gasteiger partial charge on any atom is -0.373 e. The van der Waals surface area contributed by atoms with E-state index >= 15 is 0 Å². The molecule has 134 valence electrons. The van der Waals surface area contributed by atoms with Gasteiger partial charge in [-0.3, -0.25) is 14.4 Å². The summed E-state index contributed by atoms with van der Waals surface area (Å²) in [5.41, 5.74) is 0. The van der Waals surface area contributed by atoms with Crippen molar-refractivity contribution >= 4 is 58.2 Å². The second-order valence-corrected chi connectivity index (χ2v) is 9.36. The fourth-order valence-corrected chi connectivity index (χ4v) is 7.54. The monoisotopic (exact) mass is 423 g/mol. The topological polar surface area (TPSA) is 55.8 Å². The van der Waals surface area contributed by atoms with Gasteiger partial charge in [-0.05, 0) is 6.42 Å². The van der Waals surface area contributed by atoms with Crippen molar-refractivity contribution in [1.82, 2.24) is 5.06 Å². The van der Waals surface area contributed by atoms with Crippen molar-refractivity contribution in [2.24, 2.45) is 23.7 Å². The van der Waals surface area contributed by atoms with Crippen molar-refractivity contribution in [2.75, 3.05) is 6.61 Å². The van der Waals surface area contributed by atoms with E-state index in [1.807, 2.05) is 0 Å². The number of nitrogens with zero attached hydrogens (tertiary/aromatic N) is 1. The zero-order valence-corrected chi connectivity index (χ0v) is 15.8. The highest BCUT2D eigenvalue weighted by Crippen LogP contribution is 2.75. The number of fused-ring (bicyclic) bond motifs is 12. The number of carbonyl (C=O) groups is 2. The second kappa shape index (κ2) is 4.94. The minimum atomic E-state index is -0.950. The number of hydrogen-bond donors (Lipinski definition) is 0. The Morgan fingerprint density at radius 3 is 2.04 bits per heavy atom. The van der Waals surface area contributed by atoms with E-state index in [4.69, 9.17) is 56.0 Å². The molecule has 2 amide bonds. The molecule has 25 heavy (non-hydrogen) atoms. The Morgan fingerprint density at radius 2 is 1.60 bits per heavy atom. The molecule has 8 atom stereocenters. The highest BCUT2D eigenvalue weighted by Gasteiger charge is 2.82. The molecule has 2 aliphatic carbocycles. The average Bonchev–Trinajstić information content (AvgIpc) is 3.29. The van der Waals surface area contributed by atoms with Gasteiger partial charge in [0.25, 0.3) is 11.8 Å². The van der Waals surface area contributed by atoms with E-state index in [1.54, 1.807) is 0 Å². The summed E-state index contributed by atoms with van der Waals surface area (Å²) in [6, 6.07) is 0. The third-order valence-corrected chi connectivity index (χ3v) is 8.78. The lowest BCUT2D eigenvalue weighted by Gasteiger charge is -2.40. The quantitative estimate of drug-likeness (QED) is 0.397. The average molecular weight is 425 g/mol. The van der Waals surface area contributed by atoms with Crippen molar-refractivity contribution in [1.29, 1.82) is 0 Å². The summed E-state index contributed by atoms with van der Waals surface area (Å²) >= 11 is 26.4. The standard InChI is InChI=1S/C16H13Cl4NO4/c1-2-3-24-21-13(22)5-6(14(21)23)10-8-7(9(5)25-10)15(19)4-16(8,20)12(18)11(15)17/h2,5-10H,1,3-4H2. The van der Waals surface area contributed by atoms with Crippen molar-refractivity contribution in [3.05, 3.63) is 22.7 Å². The first kappa shape index (κ1) is 16.8. The molecule has 3 saturated heterocycles. The first-order valence-electron chi connectivity index (χ1n) is 7.98. The van der Waals surface area contributed by atoms with Gasteiger partial charge in [0.2, 0.25) is 0 Å². The third kappa shape index (κ3) is 1.67. The van der Waals surface area contributed by atoms with E-state index in [0.717, 1.165) is 5.06 Å². The molecule has 0 aromatic heterocycles. The molecule has 0 N–H and O–H groups in total. The Hall–Kier alpha value is -0.300. The van der Waals surface area contributed by atoms with Crippen LogP contribution in [0.5, 0.6) is 0 Å². The molecule has 5 aliphatic rings. The SMILES string of the molecule is C=CCON1C(=O)C2C3OC(C2C1=O)C1C3C2(Cl)CC1(Cl)C(Cl)=C2Cl. The van der Waals surface area contributed by atoms with Gasteiger partial charge in [0.15, 0.2) is 0 Å². The van der Waals surface area contributed by atoms with Crippen LogP contribution in [0.25, 0.3) is 0 Å². The summed E-state index contributed by atoms with van der Waals surface area (Å²) in [5, 5.41) is 1.49. The van der Waals surface area contributed by atoms with E-state index in [1.165, 1.54) is 6.08 Å². The number of ether oxygens (including phenoxy) is 1. The van der Waals surface area contributed by atoms with Gasteiger partial charge in [-0.2, -0.15) is 5.06 Å². The highest BCUT2D eigenvalue weighted by atomic mass is 35.5. The van der Waals surface area contributed by atoms with Crippen LogP contribution >= 0.6 is 46.4 Å². The van der Waals surface area contributed by atoms with Crippen LogP contribution < -0.4 is 0 Å². The lowest BCUT2D eigenvalue weighted by atomic mass is 9.65. The first-order valence-corrected chi connectivity index (χ1v) is 9.49. The summed E-state index contributed by atoms with van der Waals surface area (Å²) in [6.45, 7) is 3.59. The van der Waals surface area contributed by atoms with Gasteiger partial charge in [0, 0.05) is 11.8 Å². The molecule has 3 aliphatic heterocycles. The maximum Gasteiger partial charge on any atom is 0.260 e. The second-order valence-electron chi connectivity index (χ2n) is 7.25. The molecule has 5 nitrogen and oxygen atoms in total. The van der Waals surface area contributed by atoms with Gasteiger partial charge in [0.1, 0.15) is 0 Å². The first-order chi connectivity index (χ1) is 11.8. The normalized spacial score (nSPS) is 52.4. The maximum absolute atomic E-state index is 12.7. The molecule has 3 heterocycles. The van der Waals surface area contributed by atoms with Gasteiger partial charge in [-0.15, -0.1) is 29.8 Å². The molecule has 1 saturated carbocycles. The number of hydrogen-bond acceptors (Lipinski definition) is 4. The van der Waals surface area contributed by atoms with Crippen LogP contribution in [0.15, 0.2) is 22.7 Å². The number of imide groups is 1. The van der Waals surface area contributed by atoms with Crippen LogP contribution in [0.2, 0.25) is 0 Å². The van der Waals surface area contributed by atoms with Gasteiger partial charge >= 0.3 is 0 Å².